The van der Waals surface area contributed by atoms with Gasteiger partial charge in [-0.2, -0.15) is 0 Å². The van der Waals surface area contributed by atoms with Gasteiger partial charge in [-0.25, -0.2) is 4.39 Å². The minimum Gasteiger partial charge on any atom is -0.399 e. The average Bonchev–Trinajstić information content (AvgIpc) is 2.69. The maximum absolute atomic E-state index is 13.8. The van der Waals surface area contributed by atoms with Crippen LogP contribution in [-0.2, 0) is 17.8 Å². The Morgan fingerprint density at radius 1 is 1.25 bits per heavy atom. The van der Waals surface area contributed by atoms with Crippen molar-refractivity contribution < 1.29 is 9.18 Å². The van der Waals surface area contributed by atoms with E-state index in [0.717, 1.165) is 15.7 Å². The smallest absolute Gasteiger partial charge is 0.231 e. The average molecular weight is 335 g/mol. The lowest BCUT2D eigenvalue weighted by Crippen LogP contribution is -2.26. The van der Waals surface area contributed by atoms with E-state index in [1.807, 2.05) is 6.07 Å². The molecule has 3 rings (SSSR count). The number of rotatable bonds is 2. The molecular formula is C15H12BrFN2O. The quantitative estimate of drug-likeness (QED) is 0.857. The van der Waals surface area contributed by atoms with Gasteiger partial charge in [-0.05, 0) is 42.0 Å². The summed E-state index contributed by atoms with van der Waals surface area (Å²) >= 11 is 3.32. The lowest BCUT2D eigenvalue weighted by molar-refractivity contribution is -0.117. The van der Waals surface area contributed by atoms with Crippen LogP contribution in [0.2, 0.25) is 0 Å². The van der Waals surface area contributed by atoms with Crippen molar-refractivity contribution >= 4 is 33.2 Å². The molecule has 0 unspecified atom stereocenters. The predicted octanol–water partition coefficient (Wildman–Crippen LogP) is 3.26. The summed E-state index contributed by atoms with van der Waals surface area (Å²) in [6.07, 6.45) is 0.315. The van der Waals surface area contributed by atoms with E-state index in [1.165, 1.54) is 6.07 Å². The maximum atomic E-state index is 13.8. The Morgan fingerprint density at radius 3 is 2.85 bits per heavy atom. The summed E-state index contributed by atoms with van der Waals surface area (Å²) in [5.41, 5.74) is 8.54. The zero-order chi connectivity index (χ0) is 14.3. The van der Waals surface area contributed by atoms with E-state index in [-0.39, 0.29) is 18.3 Å². The topological polar surface area (TPSA) is 46.3 Å². The van der Waals surface area contributed by atoms with Crippen LogP contribution in [0.3, 0.4) is 0 Å². The van der Waals surface area contributed by atoms with Crippen LogP contribution in [-0.4, -0.2) is 5.91 Å². The summed E-state index contributed by atoms with van der Waals surface area (Å²) in [6, 6.07) is 10.1. The number of fused-ring (bicyclic) bond motifs is 1. The van der Waals surface area contributed by atoms with Crippen molar-refractivity contribution in [1.29, 1.82) is 0 Å². The van der Waals surface area contributed by atoms with E-state index >= 15 is 0 Å². The number of nitrogens with zero attached hydrogens (tertiary/aromatic N) is 1. The summed E-state index contributed by atoms with van der Waals surface area (Å²) in [5, 5.41) is 0. The van der Waals surface area contributed by atoms with Crippen molar-refractivity contribution in [1.82, 2.24) is 0 Å². The fourth-order valence-corrected chi connectivity index (χ4v) is 2.82. The molecule has 0 fully saturated rings. The van der Waals surface area contributed by atoms with Gasteiger partial charge in [0.2, 0.25) is 5.91 Å². The molecule has 2 N–H and O–H groups in total. The number of hydrogen-bond acceptors (Lipinski definition) is 2. The van der Waals surface area contributed by atoms with Crippen molar-refractivity contribution in [3.05, 3.63) is 57.8 Å². The molecule has 1 aliphatic rings. The number of carbonyl (C=O) groups excluding carboxylic acids is 1. The molecule has 102 valence electrons. The van der Waals surface area contributed by atoms with Crippen LogP contribution in [0.15, 0.2) is 40.9 Å². The first kappa shape index (κ1) is 13.1. The Bertz CT molecular complexity index is 702. The van der Waals surface area contributed by atoms with Crippen LogP contribution in [0.25, 0.3) is 0 Å². The van der Waals surface area contributed by atoms with E-state index in [0.29, 0.717) is 17.7 Å². The van der Waals surface area contributed by atoms with Gasteiger partial charge in [-0.15, -0.1) is 0 Å². The number of anilines is 2. The third kappa shape index (κ3) is 2.29. The normalized spacial score (nSPS) is 13.7. The Kier molecular flexibility index (Phi) is 3.22. The van der Waals surface area contributed by atoms with E-state index in [2.05, 4.69) is 15.9 Å². The number of halogens is 2. The Labute approximate surface area is 124 Å². The number of nitrogen functional groups attached to an aromatic ring is 1. The predicted molar refractivity (Wildman–Crippen MR) is 79.8 cm³/mol. The summed E-state index contributed by atoms with van der Waals surface area (Å²) in [6.45, 7) is 0.223. The molecule has 1 heterocycles. The second-order valence-electron chi connectivity index (χ2n) is 4.78. The lowest BCUT2D eigenvalue weighted by atomic mass is 10.1. The fraction of sp³-hybridized carbons (Fsp3) is 0.133. The molecule has 0 saturated carbocycles. The minimum absolute atomic E-state index is 0.0371. The van der Waals surface area contributed by atoms with E-state index in [1.54, 1.807) is 29.2 Å². The largest absolute Gasteiger partial charge is 0.399 e. The Morgan fingerprint density at radius 2 is 2.05 bits per heavy atom. The molecular weight excluding hydrogens is 323 g/mol. The molecule has 1 amide bonds. The third-order valence-corrected chi connectivity index (χ3v) is 3.87. The van der Waals surface area contributed by atoms with Crippen LogP contribution in [0, 0.1) is 5.82 Å². The summed E-state index contributed by atoms with van der Waals surface area (Å²) < 4.78 is 14.6. The summed E-state index contributed by atoms with van der Waals surface area (Å²) in [5.74, 6) is -0.352. The molecule has 0 spiro atoms. The molecule has 1 aliphatic heterocycles. The molecule has 0 saturated heterocycles. The Balaban J connectivity index is 1.96. The zero-order valence-corrected chi connectivity index (χ0v) is 12.2. The molecule has 3 nitrogen and oxygen atoms in total. The fourth-order valence-electron chi connectivity index (χ4n) is 2.41. The van der Waals surface area contributed by atoms with Gasteiger partial charge in [-0.1, -0.05) is 15.9 Å². The SMILES string of the molecule is Nc1ccc2c(c1)CC(=O)N2Cc1cc(Br)ccc1F. The second-order valence-corrected chi connectivity index (χ2v) is 5.70. The van der Waals surface area contributed by atoms with Crippen molar-refractivity contribution in [3.63, 3.8) is 0 Å². The number of carbonyl (C=O) groups is 1. The van der Waals surface area contributed by atoms with Gasteiger partial charge in [0, 0.05) is 21.4 Å². The molecule has 2 aromatic rings. The summed E-state index contributed by atoms with van der Waals surface area (Å²) in [7, 11) is 0. The molecule has 0 atom stereocenters. The third-order valence-electron chi connectivity index (χ3n) is 3.37. The lowest BCUT2D eigenvalue weighted by Gasteiger charge is -2.18. The second kappa shape index (κ2) is 4.90. The number of nitrogens with two attached hydrogens (primary N) is 1. The monoisotopic (exact) mass is 334 g/mol. The van der Waals surface area contributed by atoms with Crippen LogP contribution in [0.5, 0.6) is 0 Å². The number of benzene rings is 2. The maximum Gasteiger partial charge on any atom is 0.231 e. The molecule has 0 radical (unpaired) electrons. The summed E-state index contributed by atoms with van der Waals surface area (Å²) in [4.78, 5) is 13.7. The first-order valence-electron chi connectivity index (χ1n) is 6.17. The molecule has 2 aromatic carbocycles. The molecule has 0 aromatic heterocycles. The minimum atomic E-state index is -0.315. The van der Waals surface area contributed by atoms with Crippen LogP contribution < -0.4 is 10.6 Å². The van der Waals surface area contributed by atoms with Gasteiger partial charge in [0.1, 0.15) is 5.82 Å². The zero-order valence-electron chi connectivity index (χ0n) is 10.6. The first-order chi connectivity index (χ1) is 9.54. The van der Waals surface area contributed by atoms with Crippen LogP contribution >= 0.6 is 15.9 Å². The van der Waals surface area contributed by atoms with Gasteiger partial charge in [0.25, 0.3) is 0 Å². The van der Waals surface area contributed by atoms with Crippen molar-refractivity contribution in [3.8, 4) is 0 Å². The molecule has 0 bridgehead atoms. The van der Waals surface area contributed by atoms with Gasteiger partial charge in [0.15, 0.2) is 0 Å². The van der Waals surface area contributed by atoms with Crippen molar-refractivity contribution in [2.24, 2.45) is 0 Å². The highest BCUT2D eigenvalue weighted by molar-refractivity contribution is 9.10. The van der Waals surface area contributed by atoms with Crippen molar-refractivity contribution in [2.75, 3.05) is 10.6 Å². The molecule has 20 heavy (non-hydrogen) atoms. The number of hydrogen-bond donors (Lipinski definition) is 1. The van der Waals surface area contributed by atoms with Gasteiger partial charge >= 0.3 is 0 Å². The van der Waals surface area contributed by atoms with E-state index in [9.17, 15) is 9.18 Å². The Hall–Kier alpha value is -1.88. The van der Waals surface area contributed by atoms with Gasteiger partial charge in [0.05, 0.1) is 13.0 Å². The molecule has 0 aliphatic carbocycles. The van der Waals surface area contributed by atoms with E-state index in [4.69, 9.17) is 5.73 Å². The van der Waals surface area contributed by atoms with Crippen molar-refractivity contribution in [2.45, 2.75) is 13.0 Å². The highest BCUT2D eigenvalue weighted by atomic mass is 79.9. The highest BCUT2D eigenvalue weighted by Crippen LogP contribution is 2.32. The van der Waals surface area contributed by atoms with Gasteiger partial charge in [-0.3, -0.25) is 4.79 Å². The van der Waals surface area contributed by atoms with Gasteiger partial charge < -0.3 is 10.6 Å². The van der Waals surface area contributed by atoms with Crippen LogP contribution in [0.4, 0.5) is 15.8 Å². The highest BCUT2D eigenvalue weighted by Gasteiger charge is 2.27. The number of amides is 1. The van der Waals surface area contributed by atoms with E-state index < -0.39 is 0 Å². The van der Waals surface area contributed by atoms with Crippen LogP contribution in [0.1, 0.15) is 11.1 Å². The molecule has 5 heteroatoms. The standard InChI is InChI=1S/C15H12BrFN2O/c16-11-1-3-13(17)10(5-11)8-19-14-4-2-12(18)6-9(14)7-15(19)20/h1-6H,7-8,18H2. The first-order valence-corrected chi connectivity index (χ1v) is 6.96.